The summed E-state index contributed by atoms with van der Waals surface area (Å²) in [4.78, 5) is 2.74. The molecule has 1 aliphatic carbocycles. The quantitative estimate of drug-likeness (QED) is 0.213. The second-order valence-electron chi connectivity index (χ2n) is 12.0. The van der Waals surface area contributed by atoms with E-state index in [1.165, 1.54) is 57.2 Å². The van der Waals surface area contributed by atoms with E-state index in [9.17, 15) is 0 Å². The molecule has 0 radical (unpaired) electrons. The van der Waals surface area contributed by atoms with Gasteiger partial charge in [0.25, 0.3) is 0 Å². The van der Waals surface area contributed by atoms with Crippen LogP contribution in [0.3, 0.4) is 0 Å². The van der Waals surface area contributed by atoms with Gasteiger partial charge in [-0.2, -0.15) is 0 Å². The van der Waals surface area contributed by atoms with Gasteiger partial charge in [-0.3, -0.25) is 0 Å². The van der Waals surface area contributed by atoms with Gasteiger partial charge in [0, 0.05) is 0 Å². The molecule has 0 aromatic heterocycles. The predicted octanol–water partition coefficient (Wildman–Crippen LogP) is 9.40. The topological polar surface area (TPSA) is 3.24 Å². The van der Waals surface area contributed by atoms with Crippen molar-refractivity contribution in [2.24, 2.45) is 0 Å². The number of allylic oxidation sites excluding steroid dienone is 2. The first kappa shape index (κ1) is 27.3. The molecule has 33 heavy (non-hydrogen) atoms. The summed E-state index contributed by atoms with van der Waals surface area (Å²) >= 11 is -2.36. The van der Waals surface area contributed by atoms with Gasteiger partial charge in [0.05, 0.1) is 0 Å². The molecular formula is C30H51NSiSn. The average molecular weight is 573 g/mol. The van der Waals surface area contributed by atoms with Crippen molar-refractivity contribution in [2.45, 2.75) is 109 Å². The molecule has 3 heteroatoms. The SMILES string of the molecule is CCC[CH2][Sn]([CH2]CCC)([CH2]CCC)[CH]1C=C2CN([C@@H](C)c3ccccc3)CC2=C1[Si](C)(C)C. The number of unbranched alkanes of at least 4 members (excludes halogenated alkanes) is 3. The van der Waals surface area contributed by atoms with Crippen LogP contribution >= 0.6 is 0 Å². The van der Waals surface area contributed by atoms with Gasteiger partial charge >= 0.3 is 212 Å². The van der Waals surface area contributed by atoms with Gasteiger partial charge in [0.1, 0.15) is 0 Å². The third kappa shape index (κ3) is 6.27. The van der Waals surface area contributed by atoms with Crippen molar-refractivity contribution < 1.29 is 0 Å². The first-order chi connectivity index (χ1) is 15.8. The molecular weight excluding hydrogens is 521 g/mol. The van der Waals surface area contributed by atoms with Crippen molar-refractivity contribution in [3.05, 3.63) is 58.3 Å². The molecule has 3 rings (SSSR count). The standard InChI is InChI=1S/C18H24NSi.3C4H9.Sn/c1-14(15-8-6-5-7-9-15)19-12-16-10-11-18(17(16)13-19)20(2,3)4;3*1-3-4-2;/h5-11,14H,12-13H2,1-4H3;3*1,3-4H2,2H3;/t14-;;;;/m0..../s1. The fourth-order valence-corrected chi connectivity index (χ4v) is 32.2. The number of hydrogen-bond acceptors (Lipinski definition) is 1. The van der Waals surface area contributed by atoms with Crippen LogP contribution < -0.4 is 0 Å². The summed E-state index contributed by atoms with van der Waals surface area (Å²) in [5, 5.41) is 2.01. The molecule has 1 fully saturated rings. The van der Waals surface area contributed by atoms with Crippen molar-refractivity contribution in [1.82, 2.24) is 4.90 Å². The number of nitrogens with zero attached hydrogens (tertiary/aromatic N) is 1. The molecule has 0 spiro atoms. The Bertz CT molecular complexity index is 798. The average Bonchev–Trinajstić information content (AvgIpc) is 3.37. The van der Waals surface area contributed by atoms with Crippen molar-refractivity contribution in [1.29, 1.82) is 0 Å². The normalized spacial score (nSPS) is 20.3. The monoisotopic (exact) mass is 573 g/mol. The minimum atomic E-state index is -2.36. The zero-order valence-corrected chi connectivity index (χ0v) is 26.7. The first-order valence-electron chi connectivity index (χ1n) is 14.0. The molecule has 1 aromatic rings. The van der Waals surface area contributed by atoms with E-state index in [1.807, 2.05) is 10.8 Å². The van der Waals surface area contributed by atoms with Gasteiger partial charge < -0.3 is 0 Å². The Labute approximate surface area is 211 Å². The molecule has 0 N–H and O–H groups in total. The fraction of sp³-hybridized carbons (Fsp3) is 0.667. The fourth-order valence-electron chi connectivity index (χ4n) is 6.60. The molecule has 1 aliphatic heterocycles. The summed E-state index contributed by atoms with van der Waals surface area (Å²) in [6, 6.07) is 11.7. The van der Waals surface area contributed by atoms with Gasteiger partial charge in [-0.25, -0.2) is 0 Å². The molecule has 1 saturated heterocycles. The summed E-state index contributed by atoms with van der Waals surface area (Å²) in [5.74, 6) is 0. The van der Waals surface area contributed by atoms with Gasteiger partial charge in [0.2, 0.25) is 0 Å². The van der Waals surface area contributed by atoms with Gasteiger partial charge in [-0.15, -0.1) is 0 Å². The van der Waals surface area contributed by atoms with Gasteiger partial charge in [0.15, 0.2) is 0 Å². The van der Waals surface area contributed by atoms with Gasteiger partial charge in [-0.05, 0) is 0 Å². The van der Waals surface area contributed by atoms with Crippen LogP contribution in [0, 0.1) is 0 Å². The van der Waals surface area contributed by atoms with Crippen molar-refractivity contribution in [2.75, 3.05) is 13.1 Å². The summed E-state index contributed by atoms with van der Waals surface area (Å²) in [6.45, 7) is 20.0. The van der Waals surface area contributed by atoms with E-state index < -0.39 is 26.5 Å². The van der Waals surface area contributed by atoms with E-state index in [0.717, 1.165) is 3.93 Å². The molecule has 1 nitrogen and oxygen atoms in total. The molecule has 1 aromatic carbocycles. The van der Waals surface area contributed by atoms with E-state index in [4.69, 9.17) is 0 Å². The molecule has 1 unspecified atom stereocenters. The van der Waals surface area contributed by atoms with Gasteiger partial charge in [-0.1, -0.05) is 0 Å². The zero-order valence-electron chi connectivity index (χ0n) is 22.8. The predicted molar refractivity (Wildman–Crippen MR) is 154 cm³/mol. The van der Waals surface area contributed by atoms with Crippen molar-refractivity contribution in [3.63, 3.8) is 0 Å². The van der Waals surface area contributed by atoms with Crippen LogP contribution in [-0.2, 0) is 0 Å². The maximum absolute atomic E-state index is 2.90. The van der Waals surface area contributed by atoms with E-state index >= 15 is 0 Å². The van der Waals surface area contributed by atoms with Crippen LogP contribution in [-0.4, -0.2) is 44.4 Å². The summed E-state index contributed by atoms with van der Waals surface area (Å²) in [5.41, 5.74) is 5.02. The first-order valence-corrected chi connectivity index (χ1v) is 25.2. The van der Waals surface area contributed by atoms with E-state index in [-0.39, 0.29) is 0 Å². The Hall–Kier alpha value is -0.324. The Kier molecular flexibility index (Phi) is 9.98. The third-order valence-corrected chi connectivity index (χ3v) is 28.2. The molecule has 0 saturated carbocycles. The summed E-state index contributed by atoms with van der Waals surface area (Å²) < 4.78 is 5.80. The molecule has 184 valence electrons. The maximum atomic E-state index is 2.90. The van der Waals surface area contributed by atoms with Crippen LogP contribution in [0.15, 0.2) is 52.8 Å². The number of rotatable bonds is 13. The summed E-state index contributed by atoms with van der Waals surface area (Å²) in [7, 11) is -1.39. The van der Waals surface area contributed by atoms with Crippen LogP contribution in [0.5, 0.6) is 0 Å². The Balaban J connectivity index is 1.98. The number of benzene rings is 1. The summed E-state index contributed by atoms with van der Waals surface area (Å²) in [6.07, 6.45) is 11.5. The molecule has 1 heterocycles. The second-order valence-corrected chi connectivity index (χ2v) is 30.8. The zero-order chi connectivity index (χ0) is 24.1. The Morgan fingerprint density at radius 3 is 1.91 bits per heavy atom. The molecule has 2 aliphatic rings. The molecule has 0 amide bonds. The van der Waals surface area contributed by atoms with Crippen LogP contribution in [0.2, 0.25) is 36.9 Å². The Morgan fingerprint density at radius 1 is 0.879 bits per heavy atom. The Morgan fingerprint density at radius 2 is 1.42 bits per heavy atom. The van der Waals surface area contributed by atoms with E-state index in [0.29, 0.717) is 6.04 Å². The van der Waals surface area contributed by atoms with E-state index in [1.54, 1.807) is 18.9 Å². The number of likely N-dealkylation sites (tertiary alicyclic amines) is 1. The van der Waals surface area contributed by atoms with Crippen LogP contribution in [0.4, 0.5) is 0 Å². The number of hydrogen-bond donors (Lipinski definition) is 0. The third-order valence-electron chi connectivity index (χ3n) is 8.51. The minimum absolute atomic E-state index is 0.500. The number of fused-ring (bicyclic) bond motifs is 1. The van der Waals surface area contributed by atoms with Crippen LogP contribution in [0.25, 0.3) is 0 Å². The van der Waals surface area contributed by atoms with Crippen LogP contribution in [0.1, 0.15) is 77.8 Å². The van der Waals surface area contributed by atoms with Crippen molar-refractivity contribution >= 4 is 26.5 Å². The van der Waals surface area contributed by atoms with Crippen molar-refractivity contribution in [3.8, 4) is 0 Å². The molecule has 0 bridgehead atoms. The van der Waals surface area contributed by atoms with E-state index in [2.05, 4.69) is 88.6 Å². The second kappa shape index (κ2) is 12.1. The molecule has 2 atom stereocenters.